The lowest BCUT2D eigenvalue weighted by atomic mass is 9.89. The zero-order valence-corrected chi connectivity index (χ0v) is 21.4. The van der Waals surface area contributed by atoms with Crippen LogP contribution in [0.5, 0.6) is 5.88 Å². The van der Waals surface area contributed by atoms with Gasteiger partial charge in [-0.1, -0.05) is 0 Å². The Morgan fingerprint density at radius 2 is 1.88 bits per heavy atom. The number of nitrogens with one attached hydrogen (secondary N) is 1. The molecular weight excluding hydrogens is 430 g/mol. The molecule has 1 aliphatic carbocycles. The Balaban J connectivity index is 1.79. The molecule has 0 radical (unpaired) electrons. The summed E-state index contributed by atoms with van der Waals surface area (Å²) in [6, 6.07) is 8.40. The largest absolute Gasteiger partial charge is 0.493 e. The number of aromatic nitrogens is 1. The van der Waals surface area contributed by atoms with Crippen LogP contribution in [0, 0.1) is 6.92 Å². The van der Waals surface area contributed by atoms with E-state index in [0.29, 0.717) is 12.6 Å². The van der Waals surface area contributed by atoms with Gasteiger partial charge in [0.05, 0.1) is 6.61 Å². The number of amides is 1. The molecule has 3 rings (SSSR count). The molecule has 0 aliphatic heterocycles. The average Bonchev–Trinajstić information content (AvgIpc) is 2.77. The fraction of sp³-hybridized carbons (Fsp3) is 0.556. The zero-order valence-electron chi connectivity index (χ0n) is 21.4. The number of ether oxygens (including phenoxy) is 2. The molecule has 0 spiro atoms. The fourth-order valence-corrected chi connectivity index (χ4v) is 4.72. The summed E-state index contributed by atoms with van der Waals surface area (Å²) in [6.45, 7) is 11.4. The van der Waals surface area contributed by atoms with Crippen LogP contribution in [0.25, 0.3) is 11.1 Å². The third-order valence-electron chi connectivity index (χ3n) is 6.38. The molecule has 2 N–H and O–H groups in total. The third kappa shape index (κ3) is 6.63. The molecule has 0 atom stereocenters. The molecule has 1 aromatic heterocycles. The first-order valence-corrected chi connectivity index (χ1v) is 12.1. The maximum absolute atomic E-state index is 12.2. The van der Waals surface area contributed by atoms with E-state index in [2.05, 4.69) is 41.2 Å². The number of aromatic hydroxyl groups is 1. The molecular formula is C27H39N3O4. The molecule has 2 aromatic rings. The normalized spacial score (nSPS) is 18.4. The summed E-state index contributed by atoms with van der Waals surface area (Å²) >= 11 is 0. The van der Waals surface area contributed by atoms with Crippen molar-refractivity contribution in [2.45, 2.75) is 84.6 Å². The van der Waals surface area contributed by atoms with Gasteiger partial charge in [-0.25, -0.2) is 9.78 Å². The lowest BCUT2D eigenvalue weighted by Crippen LogP contribution is -2.45. The van der Waals surface area contributed by atoms with Gasteiger partial charge < -0.3 is 24.8 Å². The second kappa shape index (κ2) is 11.1. The number of alkyl carbamates (subject to hydrolysis) is 1. The van der Waals surface area contributed by atoms with Gasteiger partial charge in [-0.3, -0.25) is 0 Å². The topological polar surface area (TPSA) is 83.9 Å². The van der Waals surface area contributed by atoms with Crippen molar-refractivity contribution in [3.05, 3.63) is 41.6 Å². The number of benzene rings is 1. The number of carbonyl (C=O) groups is 1. The zero-order chi connectivity index (χ0) is 24.9. The molecule has 1 aromatic carbocycles. The SMILES string of the molecule is CCN(c1cc(-c2ccc(O)nc2)cc(COC)c1C)C1CCC(NC(=O)OC(C)(C)C)CC1. The number of hydrogen-bond acceptors (Lipinski definition) is 6. The summed E-state index contributed by atoms with van der Waals surface area (Å²) < 4.78 is 10.9. The molecule has 0 saturated heterocycles. The Kier molecular flexibility index (Phi) is 8.42. The van der Waals surface area contributed by atoms with Crippen LogP contribution in [0.4, 0.5) is 10.5 Å². The number of nitrogens with zero attached hydrogens (tertiary/aromatic N) is 2. The summed E-state index contributed by atoms with van der Waals surface area (Å²) in [7, 11) is 1.71. The lowest BCUT2D eigenvalue weighted by molar-refractivity contribution is 0.0491. The molecule has 1 amide bonds. The van der Waals surface area contributed by atoms with Crippen LogP contribution in [-0.2, 0) is 16.1 Å². The van der Waals surface area contributed by atoms with Gasteiger partial charge in [0.25, 0.3) is 0 Å². The van der Waals surface area contributed by atoms with Gasteiger partial charge in [-0.2, -0.15) is 0 Å². The van der Waals surface area contributed by atoms with E-state index in [-0.39, 0.29) is 18.0 Å². The van der Waals surface area contributed by atoms with Crippen LogP contribution in [0.15, 0.2) is 30.5 Å². The molecule has 7 nitrogen and oxygen atoms in total. The van der Waals surface area contributed by atoms with Crippen molar-refractivity contribution in [3.8, 4) is 17.0 Å². The van der Waals surface area contributed by atoms with Crippen molar-refractivity contribution in [3.63, 3.8) is 0 Å². The first-order chi connectivity index (χ1) is 16.1. The molecule has 1 saturated carbocycles. The number of hydrogen-bond donors (Lipinski definition) is 2. The first-order valence-electron chi connectivity index (χ1n) is 12.1. The Hall–Kier alpha value is -2.80. The van der Waals surface area contributed by atoms with Crippen molar-refractivity contribution in [1.29, 1.82) is 0 Å². The number of methoxy groups -OCH3 is 1. The van der Waals surface area contributed by atoms with E-state index in [4.69, 9.17) is 9.47 Å². The molecule has 7 heteroatoms. The van der Waals surface area contributed by atoms with Crippen molar-refractivity contribution >= 4 is 11.8 Å². The van der Waals surface area contributed by atoms with Gasteiger partial charge >= 0.3 is 6.09 Å². The van der Waals surface area contributed by atoms with E-state index in [1.807, 2.05) is 26.8 Å². The van der Waals surface area contributed by atoms with E-state index in [1.165, 1.54) is 11.3 Å². The Morgan fingerprint density at radius 3 is 2.44 bits per heavy atom. The number of rotatable bonds is 7. The van der Waals surface area contributed by atoms with Gasteiger partial charge in [-0.05, 0) is 95.2 Å². The Bertz CT molecular complexity index is 961. The van der Waals surface area contributed by atoms with Crippen LogP contribution in [0.1, 0.15) is 64.5 Å². The summed E-state index contributed by atoms with van der Waals surface area (Å²) in [5.74, 6) is 0.0140. The lowest BCUT2D eigenvalue weighted by Gasteiger charge is -2.39. The average molecular weight is 470 g/mol. The number of carbonyl (C=O) groups excluding carboxylic acids is 1. The van der Waals surface area contributed by atoms with Gasteiger partial charge in [0.2, 0.25) is 5.88 Å². The van der Waals surface area contributed by atoms with E-state index < -0.39 is 5.60 Å². The highest BCUT2D eigenvalue weighted by Gasteiger charge is 2.29. The Morgan fingerprint density at radius 1 is 1.18 bits per heavy atom. The smallest absolute Gasteiger partial charge is 0.407 e. The highest BCUT2D eigenvalue weighted by Crippen LogP contribution is 2.35. The summed E-state index contributed by atoms with van der Waals surface area (Å²) in [5.41, 5.74) is 5.07. The van der Waals surface area contributed by atoms with Crippen molar-refractivity contribution in [1.82, 2.24) is 10.3 Å². The first kappa shape index (κ1) is 25.8. The predicted molar refractivity (Wildman–Crippen MR) is 135 cm³/mol. The van der Waals surface area contributed by atoms with Crippen molar-refractivity contribution in [2.75, 3.05) is 18.6 Å². The highest BCUT2D eigenvalue weighted by molar-refractivity contribution is 5.72. The van der Waals surface area contributed by atoms with E-state index >= 15 is 0 Å². The van der Waals surface area contributed by atoms with Crippen LogP contribution >= 0.6 is 0 Å². The molecule has 34 heavy (non-hydrogen) atoms. The number of pyridine rings is 1. The fourth-order valence-electron chi connectivity index (χ4n) is 4.72. The molecule has 186 valence electrons. The maximum atomic E-state index is 12.2. The summed E-state index contributed by atoms with van der Waals surface area (Å²) in [6.07, 6.45) is 5.21. The molecule has 1 aliphatic rings. The monoisotopic (exact) mass is 469 g/mol. The maximum Gasteiger partial charge on any atom is 0.407 e. The van der Waals surface area contributed by atoms with Gasteiger partial charge in [0.15, 0.2) is 0 Å². The quantitative estimate of drug-likeness (QED) is 0.551. The molecule has 1 heterocycles. The molecule has 0 bridgehead atoms. The van der Waals surface area contributed by atoms with E-state index in [9.17, 15) is 9.90 Å². The van der Waals surface area contributed by atoms with Crippen LogP contribution < -0.4 is 10.2 Å². The van der Waals surface area contributed by atoms with Crippen molar-refractivity contribution < 1.29 is 19.4 Å². The minimum Gasteiger partial charge on any atom is -0.493 e. The summed E-state index contributed by atoms with van der Waals surface area (Å²) in [4.78, 5) is 18.7. The van der Waals surface area contributed by atoms with E-state index in [1.54, 1.807) is 19.4 Å². The van der Waals surface area contributed by atoms with E-state index in [0.717, 1.165) is 48.9 Å². The van der Waals surface area contributed by atoms with Gasteiger partial charge in [0, 0.05) is 49.3 Å². The molecule has 0 unspecified atom stereocenters. The molecule has 1 fully saturated rings. The number of anilines is 1. The minimum absolute atomic E-state index is 0.0140. The van der Waals surface area contributed by atoms with Crippen LogP contribution in [0.2, 0.25) is 0 Å². The van der Waals surface area contributed by atoms with Crippen LogP contribution in [0.3, 0.4) is 0 Å². The second-order valence-corrected chi connectivity index (χ2v) is 10.1. The highest BCUT2D eigenvalue weighted by atomic mass is 16.6. The second-order valence-electron chi connectivity index (χ2n) is 10.1. The van der Waals surface area contributed by atoms with Crippen LogP contribution in [-0.4, -0.2) is 47.5 Å². The standard InChI is InChI=1S/C27H39N3O4/c1-7-30(23-11-9-22(10-12-23)29-26(32)34-27(3,4)5)24-15-20(14-21(17-33-6)18(24)2)19-8-13-25(31)28-16-19/h8,13-16,22-23H,7,9-12,17H2,1-6H3,(H,28,31)(H,29,32). The van der Waals surface area contributed by atoms with Crippen molar-refractivity contribution in [2.24, 2.45) is 0 Å². The third-order valence-corrected chi connectivity index (χ3v) is 6.38. The minimum atomic E-state index is -0.490. The summed E-state index contributed by atoms with van der Waals surface area (Å²) in [5, 5.41) is 12.6. The van der Waals surface area contributed by atoms with Gasteiger partial charge in [-0.15, -0.1) is 0 Å². The Labute approximate surface area is 203 Å². The van der Waals surface area contributed by atoms with Gasteiger partial charge in [0.1, 0.15) is 5.60 Å². The predicted octanol–water partition coefficient (Wildman–Crippen LogP) is 5.57.